The van der Waals surface area contributed by atoms with Gasteiger partial charge in [-0.25, -0.2) is 13.6 Å². The molecule has 0 unspecified atom stereocenters. The summed E-state index contributed by atoms with van der Waals surface area (Å²) < 4.78 is 31.0. The van der Waals surface area contributed by atoms with E-state index in [2.05, 4.69) is 10.2 Å². The van der Waals surface area contributed by atoms with E-state index < -0.39 is 35.9 Å². The maximum atomic E-state index is 12.5. The van der Waals surface area contributed by atoms with Crippen molar-refractivity contribution >= 4 is 12.0 Å². The lowest BCUT2D eigenvalue weighted by atomic mass is 9.89. The fraction of sp³-hybridized carbons (Fsp3) is 0.857. The predicted octanol–water partition coefficient (Wildman–Crippen LogP) is 1.52. The van der Waals surface area contributed by atoms with Crippen molar-refractivity contribution in [2.75, 3.05) is 32.8 Å². The number of rotatable bonds is 5. The second kappa shape index (κ2) is 9.45. The van der Waals surface area contributed by atoms with Gasteiger partial charge in [0.05, 0.1) is 30.9 Å². The molecule has 4 N–H and O–H groups in total. The zero-order valence-corrected chi connectivity index (χ0v) is 18.5. The highest BCUT2D eigenvalue weighted by Crippen LogP contribution is 2.36. The quantitative estimate of drug-likeness (QED) is 0.570. The summed E-state index contributed by atoms with van der Waals surface area (Å²) in [5.41, 5.74) is 4.25. The third kappa shape index (κ3) is 6.73. The van der Waals surface area contributed by atoms with Crippen molar-refractivity contribution < 1.29 is 28.2 Å². The Morgan fingerprint density at radius 1 is 1.28 bits per heavy atom. The highest BCUT2D eigenvalue weighted by atomic mass is 19.3. The van der Waals surface area contributed by atoms with Crippen molar-refractivity contribution in [1.82, 2.24) is 15.1 Å². The molecule has 4 fully saturated rings. The average molecular weight is 458 g/mol. The van der Waals surface area contributed by atoms with Crippen molar-refractivity contribution in [2.45, 2.75) is 81.0 Å². The van der Waals surface area contributed by atoms with Crippen molar-refractivity contribution in [3.05, 3.63) is 0 Å². The number of hydrogen-bond donors (Lipinski definition) is 3. The van der Waals surface area contributed by atoms with E-state index in [0.717, 1.165) is 32.0 Å². The van der Waals surface area contributed by atoms with Gasteiger partial charge in [0.1, 0.15) is 5.54 Å². The molecule has 2 aliphatic heterocycles. The molecule has 4 aliphatic rings. The first kappa shape index (κ1) is 24.6. The largest absolute Gasteiger partial charge is 0.465 e. The monoisotopic (exact) mass is 457 g/mol. The van der Waals surface area contributed by atoms with E-state index in [1.807, 2.05) is 6.07 Å². The highest BCUT2D eigenvalue weighted by molar-refractivity contribution is 5.83. The van der Waals surface area contributed by atoms with Crippen molar-refractivity contribution in [1.29, 1.82) is 5.26 Å². The van der Waals surface area contributed by atoms with Gasteiger partial charge in [-0.1, -0.05) is 0 Å². The van der Waals surface area contributed by atoms with Crippen molar-refractivity contribution in [3.8, 4) is 6.07 Å². The van der Waals surface area contributed by atoms with Crippen LogP contribution in [0.5, 0.6) is 0 Å². The van der Waals surface area contributed by atoms with Gasteiger partial charge in [0.15, 0.2) is 0 Å². The number of nitrogens with one attached hydrogen (secondary N) is 1. The first-order valence-corrected chi connectivity index (χ1v) is 11.2. The number of ether oxygens (including phenoxy) is 1. The van der Waals surface area contributed by atoms with Gasteiger partial charge in [0.25, 0.3) is 0 Å². The van der Waals surface area contributed by atoms with Gasteiger partial charge in [-0.15, -0.1) is 0 Å². The zero-order chi connectivity index (χ0) is 23.6. The van der Waals surface area contributed by atoms with Crippen LogP contribution in [0.2, 0.25) is 0 Å². The Hall–Kier alpha value is -2.03. The second-order valence-electron chi connectivity index (χ2n) is 9.57. The molecule has 1 spiro atoms. The Morgan fingerprint density at radius 3 is 2.38 bits per heavy atom. The molecular formula is C21H33F2N5O4. The molecule has 9 nitrogen and oxygen atoms in total. The molecular weight excluding hydrogens is 424 g/mol. The Balaban J connectivity index is 0.000000183. The molecule has 180 valence electrons. The summed E-state index contributed by atoms with van der Waals surface area (Å²) in [6.45, 7) is 4.47. The molecule has 2 saturated carbocycles. The summed E-state index contributed by atoms with van der Waals surface area (Å²) in [6.07, 6.45) is 4.25. The molecule has 0 aromatic carbocycles. The van der Waals surface area contributed by atoms with Crippen LogP contribution in [-0.4, -0.2) is 88.8 Å². The number of nitrogens with two attached hydrogens (primary N) is 1. The van der Waals surface area contributed by atoms with Gasteiger partial charge in [-0.2, -0.15) is 5.26 Å². The van der Waals surface area contributed by atoms with E-state index in [1.54, 1.807) is 0 Å². The van der Waals surface area contributed by atoms with Gasteiger partial charge < -0.3 is 30.7 Å². The summed E-state index contributed by atoms with van der Waals surface area (Å²) in [7, 11) is 0. The number of likely N-dealkylation sites (tertiary alicyclic amines) is 1. The number of hydrogen-bond acceptors (Lipinski definition) is 6. The van der Waals surface area contributed by atoms with Crippen molar-refractivity contribution in [2.24, 2.45) is 5.73 Å². The van der Waals surface area contributed by atoms with Crippen LogP contribution in [-0.2, 0) is 9.53 Å². The SMILES string of the molecule is CC(F)(F)C[C@H](N)C(=O)NC1(C#N)CC1.O=C(O)N1CCOC2(CCN(C3CC3)CC2)C1. The molecule has 2 saturated heterocycles. The van der Waals surface area contributed by atoms with Crippen LogP contribution >= 0.6 is 0 Å². The number of halogens is 2. The van der Waals surface area contributed by atoms with Gasteiger partial charge in [-0.3, -0.25) is 4.79 Å². The molecule has 0 aromatic rings. The van der Waals surface area contributed by atoms with E-state index in [9.17, 15) is 18.4 Å². The fourth-order valence-corrected chi connectivity index (χ4v) is 4.24. The first-order chi connectivity index (χ1) is 15.0. The van der Waals surface area contributed by atoms with Crippen molar-refractivity contribution in [3.63, 3.8) is 0 Å². The third-order valence-corrected chi connectivity index (χ3v) is 6.53. The number of amides is 2. The number of nitriles is 1. The molecule has 2 amide bonds. The molecule has 2 heterocycles. The maximum Gasteiger partial charge on any atom is 0.407 e. The molecule has 11 heteroatoms. The molecule has 0 bridgehead atoms. The topological polar surface area (TPSA) is 132 Å². The lowest BCUT2D eigenvalue weighted by molar-refractivity contribution is -0.129. The number of nitrogens with zero attached hydrogens (tertiary/aromatic N) is 3. The minimum Gasteiger partial charge on any atom is -0.465 e. The number of alkyl halides is 2. The van der Waals surface area contributed by atoms with Gasteiger partial charge in [0, 0.05) is 32.1 Å². The molecule has 32 heavy (non-hydrogen) atoms. The standard InChI is InChI=1S/C12H20N2O3.C9H13F2N3O/c15-11(16)14-7-8-17-12(9-14)3-5-13(6-4-12)10-1-2-10;1-8(10,11)4-6(13)7(15)14-9(5-12)2-3-9/h10H,1-9H2,(H,15,16);6H,2-4,13H2,1H3,(H,14,15)/t;6-/m.0/s1. The molecule has 4 rings (SSSR count). The third-order valence-electron chi connectivity index (χ3n) is 6.53. The Labute approximate surface area is 186 Å². The predicted molar refractivity (Wildman–Crippen MR) is 111 cm³/mol. The summed E-state index contributed by atoms with van der Waals surface area (Å²) in [4.78, 5) is 26.4. The van der Waals surface area contributed by atoms with E-state index >= 15 is 0 Å². The van der Waals surface area contributed by atoms with Gasteiger partial charge in [0.2, 0.25) is 11.8 Å². The summed E-state index contributed by atoms with van der Waals surface area (Å²) >= 11 is 0. The smallest absolute Gasteiger partial charge is 0.407 e. The normalized spacial score (nSPS) is 25.2. The minimum absolute atomic E-state index is 0.192. The number of carbonyl (C=O) groups is 2. The molecule has 0 radical (unpaired) electrons. The Kier molecular flexibility index (Phi) is 7.27. The van der Waals surface area contributed by atoms with Gasteiger partial charge in [-0.05, 0) is 45.4 Å². The van der Waals surface area contributed by atoms with E-state index in [1.165, 1.54) is 17.7 Å². The number of carbonyl (C=O) groups excluding carboxylic acids is 1. The zero-order valence-electron chi connectivity index (χ0n) is 18.5. The number of morpholine rings is 1. The van der Waals surface area contributed by atoms with Crippen LogP contribution in [0.25, 0.3) is 0 Å². The van der Waals surface area contributed by atoms with E-state index in [4.69, 9.17) is 20.8 Å². The second-order valence-corrected chi connectivity index (χ2v) is 9.57. The lowest BCUT2D eigenvalue weighted by Crippen LogP contribution is -2.58. The van der Waals surface area contributed by atoms with Crippen LogP contribution in [0.4, 0.5) is 13.6 Å². The average Bonchev–Trinajstić information content (AvgIpc) is 3.63. The highest BCUT2D eigenvalue weighted by Gasteiger charge is 2.46. The van der Waals surface area contributed by atoms with Gasteiger partial charge >= 0.3 is 6.09 Å². The fourth-order valence-electron chi connectivity index (χ4n) is 4.24. The molecule has 2 aliphatic carbocycles. The maximum absolute atomic E-state index is 12.5. The first-order valence-electron chi connectivity index (χ1n) is 11.2. The summed E-state index contributed by atoms with van der Waals surface area (Å²) in [5, 5.41) is 20.1. The van der Waals surface area contributed by atoms with Crippen LogP contribution in [0.3, 0.4) is 0 Å². The minimum atomic E-state index is -2.97. The van der Waals surface area contributed by atoms with E-state index in [0.29, 0.717) is 39.5 Å². The summed E-state index contributed by atoms with van der Waals surface area (Å²) in [6, 6.07) is 1.47. The van der Waals surface area contributed by atoms with E-state index in [-0.39, 0.29) is 5.60 Å². The molecule has 1 atom stereocenters. The van der Waals surface area contributed by atoms with Crippen LogP contribution in [0.15, 0.2) is 0 Å². The Bertz CT molecular complexity index is 737. The molecule has 0 aromatic heterocycles. The van der Waals surface area contributed by atoms with Crippen LogP contribution < -0.4 is 11.1 Å². The van der Waals surface area contributed by atoms with Crippen LogP contribution in [0, 0.1) is 11.3 Å². The number of carboxylic acid groups (broad SMARTS) is 1. The van der Waals surface area contributed by atoms with Crippen LogP contribution in [0.1, 0.15) is 51.9 Å². The lowest BCUT2D eigenvalue weighted by Gasteiger charge is -2.46. The summed E-state index contributed by atoms with van der Waals surface area (Å²) in [5.74, 6) is -3.66. The Morgan fingerprint density at radius 2 is 1.91 bits per heavy atom. The number of piperidine rings is 1.